The molecule has 2 aromatic carbocycles. The van der Waals surface area contributed by atoms with Gasteiger partial charge in [0.1, 0.15) is 0 Å². The molecule has 0 spiro atoms. The van der Waals surface area contributed by atoms with E-state index in [0.29, 0.717) is 12.2 Å². The third kappa shape index (κ3) is 6.78. The number of esters is 1. The second-order valence-corrected chi connectivity index (χ2v) is 10.2. The Morgan fingerprint density at radius 2 is 1.76 bits per heavy atom. The second-order valence-electron chi connectivity index (χ2n) is 10.2. The third-order valence-corrected chi connectivity index (χ3v) is 7.41. The van der Waals surface area contributed by atoms with Crippen LogP contribution in [-0.2, 0) is 30.4 Å². The molecular formula is C29H38N2O7. The highest BCUT2D eigenvalue weighted by molar-refractivity contribution is 5.94. The van der Waals surface area contributed by atoms with E-state index < -0.39 is 24.3 Å². The van der Waals surface area contributed by atoms with Crippen LogP contribution in [0.15, 0.2) is 48.5 Å². The molecular weight excluding hydrogens is 488 g/mol. The van der Waals surface area contributed by atoms with E-state index in [4.69, 9.17) is 14.2 Å². The van der Waals surface area contributed by atoms with Crippen LogP contribution in [0.3, 0.4) is 0 Å². The van der Waals surface area contributed by atoms with Gasteiger partial charge in [0.05, 0.1) is 25.4 Å². The van der Waals surface area contributed by atoms with Crippen LogP contribution < -0.4 is 5.32 Å². The van der Waals surface area contributed by atoms with Crippen molar-refractivity contribution in [3.63, 3.8) is 0 Å². The van der Waals surface area contributed by atoms with Crippen LogP contribution in [0.2, 0.25) is 0 Å². The van der Waals surface area contributed by atoms with Crippen molar-refractivity contribution < 1.29 is 34.0 Å². The van der Waals surface area contributed by atoms with Gasteiger partial charge in [0.25, 0.3) is 5.91 Å². The minimum atomic E-state index is -0.897. The number of hydrogen-bond donors (Lipinski definition) is 3. The lowest BCUT2D eigenvalue weighted by molar-refractivity contribution is -0.276. The summed E-state index contributed by atoms with van der Waals surface area (Å²) in [5.41, 5.74) is 3.23. The van der Waals surface area contributed by atoms with Gasteiger partial charge in [0.15, 0.2) is 12.4 Å². The molecule has 0 aliphatic carbocycles. The Kier molecular flexibility index (Phi) is 9.51. The second kappa shape index (κ2) is 12.8. The van der Waals surface area contributed by atoms with E-state index in [9.17, 15) is 19.8 Å². The van der Waals surface area contributed by atoms with Crippen molar-refractivity contribution >= 4 is 17.6 Å². The molecule has 2 aliphatic rings. The number of benzene rings is 2. The smallest absolute Gasteiger partial charge is 0.303 e. The molecule has 0 saturated carbocycles. The Bertz CT molecular complexity index is 1080. The average molecular weight is 527 g/mol. The van der Waals surface area contributed by atoms with Crippen LogP contribution in [0.5, 0.6) is 0 Å². The summed E-state index contributed by atoms with van der Waals surface area (Å²) in [6.45, 7) is 6.65. The number of aliphatic hydroxyl groups excluding tert-OH is 2. The summed E-state index contributed by atoms with van der Waals surface area (Å²) in [6, 6.07) is 15.2. The lowest BCUT2D eigenvalue weighted by Crippen LogP contribution is -2.46. The predicted octanol–water partition coefficient (Wildman–Crippen LogP) is 3.32. The van der Waals surface area contributed by atoms with E-state index in [-0.39, 0.29) is 37.4 Å². The number of ether oxygens (including phenoxy) is 3. The fraction of sp³-hybridized carbons (Fsp3) is 0.517. The van der Waals surface area contributed by atoms with Crippen molar-refractivity contribution in [2.75, 3.05) is 25.0 Å². The van der Waals surface area contributed by atoms with Crippen LogP contribution in [0.1, 0.15) is 62.7 Å². The Balaban J connectivity index is 1.52. The highest BCUT2D eigenvalue weighted by atomic mass is 16.7. The first-order valence-corrected chi connectivity index (χ1v) is 13.2. The largest absolute Gasteiger partial charge is 0.453 e. The van der Waals surface area contributed by atoms with Gasteiger partial charge < -0.3 is 29.7 Å². The molecule has 2 fully saturated rings. The average Bonchev–Trinajstić information content (AvgIpc) is 3.37. The Morgan fingerprint density at radius 3 is 2.39 bits per heavy atom. The van der Waals surface area contributed by atoms with Crippen molar-refractivity contribution in [3.05, 3.63) is 65.2 Å². The zero-order valence-electron chi connectivity index (χ0n) is 22.2. The first-order chi connectivity index (χ1) is 18.3. The van der Waals surface area contributed by atoms with Crippen LogP contribution in [0.4, 0.5) is 5.69 Å². The van der Waals surface area contributed by atoms with E-state index in [1.54, 1.807) is 12.1 Å². The molecule has 2 aliphatic heterocycles. The molecule has 0 aromatic heterocycles. The Morgan fingerprint density at radius 1 is 1.08 bits per heavy atom. The van der Waals surface area contributed by atoms with Gasteiger partial charge in [0.2, 0.25) is 0 Å². The van der Waals surface area contributed by atoms with E-state index >= 15 is 0 Å². The summed E-state index contributed by atoms with van der Waals surface area (Å²) in [5.74, 6) is -0.881. The number of anilines is 1. The zero-order valence-corrected chi connectivity index (χ0v) is 22.2. The maximum absolute atomic E-state index is 12.3. The normalized spacial score (nSPS) is 26.6. The van der Waals surface area contributed by atoms with Gasteiger partial charge in [-0.2, -0.15) is 0 Å². The summed E-state index contributed by atoms with van der Waals surface area (Å²) in [4.78, 5) is 25.7. The van der Waals surface area contributed by atoms with Gasteiger partial charge in [-0.3, -0.25) is 14.5 Å². The van der Waals surface area contributed by atoms with Gasteiger partial charge in [-0.15, -0.1) is 0 Å². The molecule has 0 bridgehead atoms. The van der Waals surface area contributed by atoms with Gasteiger partial charge in [-0.1, -0.05) is 43.3 Å². The minimum absolute atomic E-state index is 0.0181. The van der Waals surface area contributed by atoms with Crippen molar-refractivity contribution in [1.82, 2.24) is 4.90 Å². The quantitative estimate of drug-likeness (QED) is 0.426. The number of carbonyl (C=O) groups is 2. The number of nitrogens with zero attached hydrogens (tertiary/aromatic N) is 1. The Hall–Kier alpha value is -2.82. The summed E-state index contributed by atoms with van der Waals surface area (Å²) >= 11 is 0. The minimum Gasteiger partial charge on any atom is -0.453 e. The molecule has 9 heteroatoms. The third-order valence-electron chi connectivity index (χ3n) is 7.41. The maximum atomic E-state index is 12.3. The molecule has 206 valence electrons. The van der Waals surface area contributed by atoms with E-state index in [1.807, 2.05) is 36.4 Å². The van der Waals surface area contributed by atoms with Crippen LogP contribution in [-0.4, -0.2) is 64.9 Å². The van der Waals surface area contributed by atoms with Crippen LogP contribution in [0.25, 0.3) is 0 Å². The number of nitrogens with one attached hydrogen (secondary N) is 1. The van der Waals surface area contributed by atoms with Gasteiger partial charge >= 0.3 is 5.97 Å². The molecule has 0 radical (unpaired) electrons. The topological polar surface area (TPSA) is 118 Å². The lowest BCUT2D eigenvalue weighted by Gasteiger charge is -2.43. The fourth-order valence-corrected chi connectivity index (χ4v) is 5.17. The monoisotopic (exact) mass is 526 g/mol. The molecule has 6 atom stereocenters. The molecule has 6 unspecified atom stereocenters. The predicted molar refractivity (Wildman–Crippen MR) is 141 cm³/mol. The highest BCUT2D eigenvalue weighted by Gasteiger charge is 2.40. The summed E-state index contributed by atoms with van der Waals surface area (Å²) in [7, 11) is 0. The van der Waals surface area contributed by atoms with Crippen molar-refractivity contribution in [1.29, 1.82) is 0 Å². The Labute approximate surface area is 223 Å². The van der Waals surface area contributed by atoms with Crippen molar-refractivity contribution in [2.45, 2.75) is 70.9 Å². The van der Waals surface area contributed by atoms with Gasteiger partial charge in [-0.05, 0) is 49.6 Å². The summed E-state index contributed by atoms with van der Waals surface area (Å²) in [5, 5.41) is 22.0. The van der Waals surface area contributed by atoms with Crippen LogP contribution >= 0.6 is 0 Å². The zero-order chi connectivity index (χ0) is 27.2. The molecule has 4 rings (SSSR count). The number of amides is 1. The first-order valence-electron chi connectivity index (χ1n) is 13.2. The summed E-state index contributed by atoms with van der Waals surface area (Å²) in [6.07, 6.45) is 0.149. The number of likely N-dealkylation sites (tertiary alicyclic amines) is 1. The van der Waals surface area contributed by atoms with Crippen LogP contribution in [0, 0.1) is 5.92 Å². The number of rotatable bonds is 9. The standard InChI is InChI=1S/C29H38N2O7/c1-18-26(15-31-14-4-5-25(31)17-33)37-29(38-27(18)22-8-6-21(16-32)7-9-22)23-10-12-24(13-11-23)30-28(35)19(2)36-20(3)34/h6-13,18-19,25-27,29,32-33H,4-5,14-17H2,1-3H3,(H,30,35). The molecule has 3 N–H and O–H groups in total. The fourth-order valence-electron chi connectivity index (χ4n) is 5.17. The molecule has 9 nitrogen and oxygen atoms in total. The number of carbonyl (C=O) groups excluding carboxylic acids is 2. The maximum Gasteiger partial charge on any atom is 0.303 e. The van der Waals surface area contributed by atoms with E-state index in [1.165, 1.54) is 13.8 Å². The summed E-state index contributed by atoms with van der Waals surface area (Å²) < 4.78 is 17.9. The molecule has 2 aromatic rings. The SMILES string of the molecule is CC(=O)OC(C)C(=O)Nc1ccc(C2OC(CN3CCCC3CO)C(C)C(c3ccc(CO)cc3)O2)cc1. The van der Waals surface area contributed by atoms with E-state index in [2.05, 4.69) is 17.1 Å². The first kappa shape index (κ1) is 28.2. The molecule has 2 heterocycles. The van der Waals surface area contributed by atoms with Gasteiger partial charge in [0, 0.05) is 36.7 Å². The molecule has 2 saturated heterocycles. The van der Waals surface area contributed by atoms with Crippen molar-refractivity contribution in [2.24, 2.45) is 5.92 Å². The number of hydrogen-bond acceptors (Lipinski definition) is 8. The van der Waals surface area contributed by atoms with Gasteiger partial charge in [-0.25, -0.2) is 0 Å². The lowest BCUT2D eigenvalue weighted by atomic mass is 9.90. The highest BCUT2D eigenvalue weighted by Crippen LogP contribution is 2.42. The van der Waals surface area contributed by atoms with E-state index in [0.717, 1.165) is 36.1 Å². The molecule has 38 heavy (non-hydrogen) atoms. The van der Waals surface area contributed by atoms with Crippen molar-refractivity contribution in [3.8, 4) is 0 Å². The number of aliphatic hydroxyl groups is 2. The molecule has 1 amide bonds.